The molecule has 0 bridgehead atoms. The second-order valence-electron chi connectivity index (χ2n) is 4.42. The van der Waals surface area contributed by atoms with E-state index in [-0.39, 0.29) is 5.56 Å². The van der Waals surface area contributed by atoms with Crippen LogP contribution in [0.2, 0.25) is 0 Å². The summed E-state index contributed by atoms with van der Waals surface area (Å²) in [5.74, 6) is 0.952. The molecule has 6 heteroatoms. The predicted octanol–water partition coefficient (Wildman–Crippen LogP) is 0.933. The van der Waals surface area contributed by atoms with E-state index in [1.807, 2.05) is 13.8 Å². The van der Waals surface area contributed by atoms with Crippen molar-refractivity contribution < 1.29 is 4.52 Å². The van der Waals surface area contributed by atoms with Gasteiger partial charge in [0.15, 0.2) is 5.82 Å². The highest BCUT2D eigenvalue weighted by Crippen LogP contribution is 2.14. The standard InChI is InChI=1S/C12H16N4O2/c1-8(2)13-7-10-14-12(18-15-10)9-4-5-16(3)11(17)6-9/h4-6,8,13H,7H2,1-3H3. The topological polar surface area (TPSA) is 73.0 Å². The van der Waals surface area contributed by atoms with Crippen LogP contribution >= 0.6 is 0 Å². The first kappa shape index (κ1) is 12.5. The van der Waals surface area contributed by atoms with Crippen molar-refractivity contribution in [2.45, 2.75) is 26.4 Å². The lowest BCUT2D eigenvalue weighted by Gasteiger charge is -2.03. The van der Waals surface area contributed by atoms with E-state index in [0.717, 1.165) is 0 Å². The molecule has 2 heterocycles. The van der Waals surface area contributed by atoms with E-state index in [0.29, 0.717) is 29.9 Å². The Morgan fingerprint density at radius 3 is 2.94 bits per heavy atom. The SMILES string of the molecule is CC(C)NCc1noc(-c2ccn(C)c(=O)c2)n1. The van der Waals surface area contributed by atoms with Gasteiger partial charge in [-0.2, -0.15) is 4.98 Å². The van der Waals surface area contributed by atoms with Gasteiger partial charge in [-0.1, -0.05) is 19.0 Å². The summed E-state index contributed by atoms with van der Waals surface area (Å²) < 4.78 is 6.62. The number of aryl methyl sites for hydroxylation is 1. The normalized spacial score (nSPS) is 11.1. The van der Waals surface area contributed by atoms with Crippen LogP contribution in [-0.2, 0) is 13.6 Å². The fraction of sp³-hybridized carbons (Fsp3) is 0.417. The number of hydrogen-bond donors (Lipinski definition) is 1. The molecular formula is C12H16N4O2. The van der Waals surface area contributed by atoms with Crippen molar-refractivity contribution in [3.8, 4) is 11.5 Å². The Morgan fingerprint density at radius 2 is 2.28 bits per heavy atom. The molecule has 0 fully saturated rings. The Bertz CT molecular complexity index is 586. The van der Waals surface area contributed by atoms with Crippen LogP contribution in [0.1, 0.15) is 19.7 Å². The smallest absolute Gasteiger partial charge is 0.258 e. The Morgan fingerprint density at radius 1 is 1.50 bits per heavy atom. The van der Waals surface area contributed by atoms with Crippen molar-refractivity contribution in [2.24, 2.45) is 7.05 Å². The van der Waals surface area contributed by atoms with Gasteiger partial charge in [-0.25, -0.2) is 0 Å². The number of pyridine rings is 1. The Hall–Kier alpha value is -1.95. The maximum absolute atomic E-state index is 11.5. The second kappa shape index (κ2) is 5.14. The molecule has 96 valence electrons. The van der Waals surface area contributed by atoms with Gasteiger partial charge in [0.2, 0.25) is 0 Å². The van der Waals surface area contributed by atoms with E-state index in [1.54, 1.807) is 19.3 Å². The maximum Gasteiger partial charge on any atom is 0.258 e. The van der Waals surface area contributed by atoms with E-state index in [2.05, 4.69) is 15.5 Å². The molecule has 0 aromatic carbocycles. The molecule has 6 nitrogen and oxygen atoms in total. The van der Waals surface area contributed by atoms with E-state index < -0.39 is 0 Å². The van der Waals surface area contributed by atoms with E-state index in [4.69, 9.17) is 4.52 Å². The van der Waals surface area contributed by atoms with Gasteiger partial charge in [0.25, 0.3) is 11.4 Å². The summed E-state index contributed by atoms with van der Waals surface area (Å²) in [5, 5.41) is 7.06. The molecule has 0 unspecified atom stereocenters. The first-order chi connectivity index (χ1) is 8.56. The third kappa shape index (κ3) is 2.84. The maximum atomic E-state index is 11.5. The number of nitrogens with zero attached hydrogens (tertiary/aromatic N) is 3. The summed E-state index contributed by atoms with van der Waals surface area (Å²) in [6, 6.07) is 3.61. The highest BCUT2D eigenvalue weighted by atomic mass is 16.5. The van der Waals surface area contributed by atoms with Crippen molar-refractivity contribution >= 4 is 0 Å². The first-order valence-electron chi connectivity index (χ1n) is 5.79. The average molecular weight is 248 g/mol. The summed E-state index contributed by atoms with van der Waals surface area (Å²) >= 11 is 0. The fourth-order valence-corrected chi connectivity index (χ4v) is 1.42. The van der Waals surface area contributed by atoms with Gasteiger partial charge in [0, 0.05) is 30.9 Å². The molecule has 0 spiro atoms. The van der Waals surface area contributed by atoms with Gasteiger partial charge in [-0.3, -0.25) is 4.79 Å². The van der Waals surface area contributed by atoms with Gasteiger partial charge in [-0.15, -0.1) is 0 Å². The molecule has 0 radical (unpaired) electrons. The number of rotatable bonds is 4. The minimum atomic E-state index is -0.104. The summed E-state index contributed by atoms with van der Waals surface area (Å²) in [6.45, 7) is 4.63. The lowest BCUT2D eigenvalue weighted by atomic mass is 10.2. The zero-order valence-electron chi connectivity index (χ0n) is 10.7. The van der Waals surface area contributed by atoms with Crippen LogP contribution < -0.4 is 10.9 Å². The third-order valence-electron chi connectivity index (χ3n) is 2.49. The van der Waals surface area contributed by atoms with Crippen LogP contribution in [0.25, 0.3) is 11.5 Å². The molecule has 0 saturated heterocycles. The highest BCUT2D eigenvalue weighted by molar-refractivity contribution is 5.51. The van der Waals surface area contributed by atoms with E-state index in [9.17, 15) is 4.79 Å². The molecule has 2 aromatic rings. The molecule has 0 aliphatic carbocycles. The quantitative estimate of drug-likeness (QED) is 0.871. The predicted molar refractivity (Wildman–Crippen MR) is 67.0 cm³/mol. The number of aromatic nitrogens is 3. The van der Waals surface area contributed by atoms with Crippen molar-refractivity contribution in [3.05, 3.63) is 34.5 Å². The minimum Gasteiger partial charge on any atom is -0.334 e. The van der Waals surface area contributed by atoms with Gasteiger partial charge in [-0.05, 0) is 6.07 Å². The largest absolute Gasteiger partial charge is 0.334 e. The van der Waals surface area contributed by atoms with E-state index in [1.165, 1.54) is 10.6 Å². The second-order valence-corrected chi connectivity index (χ2v) is 4.42. The molecule has 0 aliphatic rings. The minimum absolute atomic E-state index is 0.104. The number of hydrogen-bond acceptors (Lipinski definition) is 5. The summed E-state index contributed by atoms with van der Waals surface area (Å²) in [7, 11) is 1.69. The monoisotopic (exact) mass is 248 g/mol. The summed E-state index contributed by atoms with van der Waals surface area (Å²) in [4.78, 5) is 15.7. The molecule has 0 atom stereocenters. The van der Waals surface area contributed by atoms with Gasteiger partial charge in [0.05, 0.1) is 6.54 Å². The third-order valence-corrected chi connectivity index (χ3v) is 2.49. The fourth-order valence-electron chi connectivity index (χ4n) is 1.42. The van der Waals surface area contributed by atoms with Crippen LogP contribution in [-0.4, -0.2) is 20.7 Å². The molecule has 0 saturated carbocycles. The Kier molecular flexibility index (Phi) is 3.57. The van der Waals surface area contributed by atoms with Gasteiger partial charge >= 0.3 is 0 Å². The molecule has 2 rings (SSSR count). The lowest BCUT2D eigenvalue weighted by Crippen LogP contribution is -2.22. The Labute approximate surface area is 105 Å². The summed E-state index contributed by atoms with van der Waals surface area (Å²) in [5.41, 5.74) is 0.536. The van der Waals surface area contributed by atoms with Crippen molar-refractivity contribution in [1.29, 1.82) is 0 Å². The van der Waals surface area contributed by atoms with Crippen LogP contribution in [0.4, 0.5) is 0 Å². The van der Waals surface area contributed by atoms with Crippen molar-refractivity contribution in [1.82, 2.24) is 20.0 Å². The molecule has 0 aliphatic heterocycles. The van der Waals surface area contributed by atoms with Crippen LogP contribution in [0, 0.1) is 0 Å². The molecular weight excluding hydrogens is 232 g/mol. The van der Waals surface area contributed by atoms with Gasteiger partial charge in [0.1, 0.15) is 0 Å². The molecule has 2 aromatic heterocycles. The Balaban J connectivity index is 2.18. The highest BCUT2D eigenvalue weighted by Gasteiger charge is 2.09. The zero-order chi connectivity index (χ0) is 13.1. The molecule has 0 amide bonds. The van der Waals surface area contributed by atoms with Gasteiger partial charge < -0.3 is 14.4 Å². The van der Waals surface area contributed by atoms with Crippen molar-refractivity contribution in [2.75, 3.05) is 0 Å². The first-order valence-corrected chi connectivity index (χ1v) is 5.79. The lowest BCUT2D eigenvalue weighted by molar-refractivity contribution is 0.417. The van der Waals surface area contributed by atoms with E-state index >= 15 is 0 Å². The number of nitrogens with one attached hydrogen (secondary N) is 1. The van der Waals surface area contributed by atoms with Crippen LogP contribution in [0.15, 0.2) is 27.6 Å². The van der Waals surface area contributed by atoms with Crippen LogP contribution in [0.5, 0.6) is 0 Å². The average Bonchev–Trinajstić information content (AvgIpc) is 2.79. The molecule has 1 N–H and O–H groups in total. The van der Waals surface area contributed by atoms with Crippen molar-refractivity contribution in [3.63, 3.8) is 0 Å². The van der Waals surface area contributed by atoms with Crippen LogP contribution in [0.3, 0.4) is 0 Å². The zero-order valence-corrected chi connectivity index (χ0v) is 10.7. The summed E-state index contributed by atoms with van der Waals surface area (Å²) in [6.07, 6.45) is 1.67. The molecule has 18 heavy (non-hydrogen) atoms.